The molecular weight excluding hydrogens is 596 g/mol. The second kappa shape index (κ2) is 12.0. The van der Waals surface area contributed by atoms with E-state index in [0.717, 1.165) is 12.8 Å². The fourth-order valence-corrected chi connectivity index (χ4v) is 6.32. The molecule has 0 amide bonds. The summed E-state index contributed by atoms with van der Waals surface area (Å²) in [6.45, 7) is 2.67. The molecule has 0 aromatic heterocycles. The molecule has 0 N–H and O–H groups in total. The van der Waals surface area contributed by atoms with E-state index in [1.54, 1.807) is 31.2 Å². The Morgan fingerprint density at radius 3 is 2.44 bits per heavy atom. The summed E-state index contributed by atoms with van der Waals surface area (Å²) in [5.74, 6) is 0.529. The molecule has 1 aliphatic rings. The van der Waals surface area contributed by atoms with Gasteiger partial charge in [0.1, 0.15) is 16.4 Å². The highest BCUT2D eigenvalue weighted by Gasteiger charge is 2.30. The first kappa shape index (κ1) is 26.5. The largest absolute Gasteiger partial charge is 0.495 e. The molecule has 34 heavy (non-hydrogen) atoms. The van der Waals surface area contributed by atoms with Crippen LogP contribution >= 0.6 is 31.9 Å². The quantitative estimate of drug-likeness (QED) is 0.215. The van der Waals surface area contributed by atoms with Crippen LogP contribution in [-0.2, 0) is 24.4 Å². The van der Waals surface area contributed by atoms with E-state index in [0.29, 0.717) is 39.1 Å². The summed E-state index contributed by atoms with van der Waals surface area (Å²) in [5.41, 5.74) is 0.669. The molecule has 1 aliphatic heterocycles. The van der Waals surface area contributed by atoms with E-state index in [9.17, 15) is 13.2 Å². The van der Waals surface area contributed by atoms with E-state index < -0.39 is 16.0 Å². The maximum absolute atomic E-state index is 13.1. The Morgan fingerprint density at radius 2 is 1.82 bits per heavy atom. The van der Waals surface area contributed by atoms with E-state index in [1.165, 1.54) is 23.7 Å². The van der Waals surface area contributed by atoms with Crippen molar-refractivity contribution in [2.75, 3.05) is 33.4 Å². The van der Waals surface area contributed by atoms with Gasteiger partial charge in [-0.1, -0.05) is 5.16 Å². The van der Waals surface area contributed by atoms with Gasteiger partial charge in [-0.2, -0.15) is 4.31 Å². The number of ether oxygens (including phenoxy) is 3. The summed E-state index contributed by atoms with van der Waals surface area (Å²) in [6, 6.07) is 8.15. The fourth-order valence-electron chi connectivity index (χ4n) is 3.25. The van der Waals surface area contributed by atoms with Crippen molar-refractivity contribution in [3.05, 3.63) is 44.8 Å². The van der Waals surface area contributed by atoms with Crippen LogP contribution in [0, 0.1) is 0 Å². The highest BCUT2D eigenvalue weighted by atomic mass is 79.9. The van der Waals surface area contributed by atoms with Gasteiger partial charge < -0.3 is 19.0 Å². The van der Waals surface area contributed by atoms with Crippen LogP contribution in [0.5, 0.6) is 17.2 Å². The van der Waals surface area contributed by atoms with Gasteiger partial charge in [0.15, 0.2) is 5.75 Å². The maximum atomic E-state index is 13.1. The number of sulfonamides is 1. The number of hydrogen-bond acceptors (Lipinski definition) is 8. The summed E-state index contributed by atoms with van der Waals surface area (Å²) >= 11 is 6.93. The van der Waals surface area contributed by atoms with Gasteiger partial charge in [-0.3, -0.25) is 0 Å². The standard InChI is InChI=1S/C22H24Br2N2O7S/c1-3-31-21(27)14-32-25-13-15-10-17(23)22(18(24)11-15)33-16-6-7-19(30-2)20(12-16)34(28,29)26-8-4-5-9-26/h6-7,10-13H,3-5,8-9,14H2,1-2H3/b25-13-. The zero-order valence-electron chi connectivity index (χ0n) is 18.6. The third kappa shape index (κ3) is 6.49. The molecule has 2 aromatic carbocycles. The zero-order valence-corrected chi connectivity index (χ0v) is 22.6. The topological polar surface area (TPSA) is 104 Å². The van der Waals surface area contributed by atoms with Crippen LogP contribution in [0.25, 0.3) is 0 Å². The zero-order chi connectivity index (χ0) is 24.7. The molecule has 1 fully saturated rings. The van der Waals surface area contributed by atoms with Crippen molar-refractivity contribution in [2.45, 2.75) is 24.7 Å². The highest BCUT2D eigenvalue weighted by Crippen LogP contribution is 2.40. The third-order valence-electron chi connectivity index (χ3n) is 4.82. The second-order valence-corrected chi connectivity index (χ2v) is 10.8. The molecule has 0 saturated carbocycles. The van der Waals surface area contributed by atoms with Crippen LogP contribution in [0.4, 0.5) is 0 Å². The van der Waals surface area contributed by atoms with Gasteiger partial charge in [-0.25, -0.2) is 13.2 Å². The van der Waals surface area contributed by atoms with Gasteiger partial charge in [0, 0.05) is 19.2 Å². The normalized spacial score (nSPS) is 14.4. The first-order chi connectivity index (χ1) is 16.3. The number of halogens is 2. The molecular formula is C22H24Br2N2O7S. The molecule has 0 bridgehead atoms. The lowest BCUT2D eigenvalue weighted by molar-refractivity contribution is -0.148. The molecule has 184 valence electrons. The van der Waals surface area contributed by atoms with Gasteiger partial charge in [0.2, 0.25) is 16.6 Å². The average Bonchev–Trinajstić information content (AvgIpc) is 3.35. The van der Waals surface area contributed by atoms with Crippen LogP contribution in [0.15, 0.2) is 49.3 Å². The molecule has 0 radical (unpaired) electrons. The van der Waals surface area contributed by atoms with Crippen LogP contribution < -0.4 is 9.47 Å². The molecule has 3 rings (SSSR count). The van der Waals surface area contributed by atoms with Crippen molar-refractivity contribution in [2.24, 2.45) is 5.16 Å². The summed E-state index contributed by atoms with van der Waals surface area (Å²) in [6.07, 6.45) is 3.11. The first-order valence-electron chi connectivity index (χ1n) is 10.4. The van der Waals surface area contributed by atoms with Crippen LogP contribution in [-0.4, -0.2) is 58.3 Å². The Hall–Kier alpha value is -2.15. The number of oxime groups is 1. The lowest BCUT2D eigenvalue weighted by atomic mass is 10.2. The van der Waals surface area contributed by atoms with E-state index in [4.69, 9.17) is 19.0 Å². The molecule has 0 aliphatic carbocycles. The van der Waals surface area contributed by atoms with Gasteiger partial charge in [-0.05, 0) is 81.5 Å². The molecule has 0 atom stereocenters. The fraction of sp³-hybridized carbons (Fsp3) is 0.364. The summed E-state index contributed by atoms with van der Waals surface area (Å²) in [5, 5.41) is 3.76. The van der Waals surface area contributed by atoms with Crippen LogP contribution in [0.2, 0.25) is 0 Å². The predicted molar refractivity (Wildman–Crippen MR) is 133 cm³/mol. The SMILES string of the molecule is CCOC(=O)CO/N=C\c1cc(Br)c(Oc2ccc(OC)c(S(=O)(=O)N3CCCC3)c2)c(Br)c1. The lowest BCUT2D eigenvalue weighted by Gasteiger charge is -2.19. The number of methoxy groups -OCH3 is 1. The van der Waals surface area contributed by atoms with Crippen molar-refractivity contribution >= 4 is 54.1 Å². The monoisotopic (exact) mass is 618 g/mol. The number of rotatable bonds is 10. The molecule has 1 heterocycles. The van der Waals surface area contributed by atoms with Crippen LogP contribution in [0.3, 0.4) is 0 Å². The molecule has 2 aromatic rings. The number of hydrogen-bond donors (Lipinski definition) is 0. The average molecular weight is 620 g/mol. The number of nitrogens with zero attached hydrogens (tertiary/aromatic N) is 2. The molecule has 9 nitrogen and oxygen atoms in total. The van der Waals surface area contributed by atoms with Crippen molar-refractivity contribution in [3.8, 4) is 17.2 Å². The Morgan fingerprint density at radius 1 is 1.15 bits per heavy atom. The molecule has 1 saturated heterocycles. The predicted octanol–water partition coefficient (Wildman–Crippen LogP) is 4.71. The van der Waals surface area contributed by atoms with Crippen molar-refractivity contribution in [1.29, 1.82) is 0 Å². The summed E-state index contributed by atoms with van der Waals surface area (Å²) < 4.78 is 44.9. The van der Waals surface area contributed by atoms with Gasteiger partial charge in [0.05, 0.1) is 28.9 Å². The van der Waals surface area contributed by atoms with Gasteiger partial charge in [-0.15, -0.1) is 0 Å². The molecule has 0 spiro atoms. The minimum Gasteiger partial charge on any atom is -0.495 e. The van der Waals surface area contributed by atoms with Crippen molar-refractivity contribution in [1.82, 2.24) is 4.31 Å². The van der Waals surface area contributed by atoms with E-state index in [2.05, 4.69) is 37.0 Å². The Kier molecular flexibility index (Phi) is 9.34. The first-order valence-corrected chi connectivity index (χ1v) is 13.4. The smallest absolute Gasteiger partial charge is 0.347 e. The Labute approximate surface area is 215 Å². The minimum atomic E-state index is -3.71. The van der Waals surface area contributed by atoms with Crippen molar-refractivity contribution in [3.63, 3.8) is 0 Å². The summed E-state index contributed by atoms with van der Waals surface area (Å²) in [7, 11) is -2.27. The number of benzene rings is 2. The van der Waals surface area contributed by atoms with E-state index in [1.807, 2.05) is 0 Å². The Balaban J connectivity index is 1.79. The van der Waals surface area contributed by atoms with Gasteiger partial charge in [0.25, 0.3) is 0 Å². The molecule has 12 heteroatoms. The lowest BCUT2D eigenvalue weighted by Crippen LogP contribution is -2.28. The second-order valence-electron chi connectivity index (χ2n) is 7.15. The minimum absolute atomic E-state index is 0.0594. The van der Waals surface area contributed by atoms with Crippen molar-refractivity contribution < 1.29 is 32.3 Å². The van der Waals surface area contributed by atoms with E-state index in [-0.39, 0.29) is 23.9 Å². The van der Waals surface area contributed by atoms with E-state index >= 15 is 0 Å². The third-order valence-corrected chi connectivity index (χ3v) is 7.92. The Bertz CT molecular complexity index is 1140. The number of carbonyl (C=O) groups is 1. The highest BCUT2D eigenvalue weighted by molar-refractivity contribution is 9.11. The molecule has 0 unspecified atom stereocenters. The summed E-state index contributed by atoms with van der Waals surface area (Å²) in [4.78, 5) is 16.3. The maximum Gasteiger partial charge on any atom is 0.347 e. The van der Waals surface area contributed by atoms with Crippen LogP contribution in [0.1, 0.15) is 25.3 Å². The van der Waals surface area contributed by atoms with Gasteiger partial charge >= 0.3 is 5.97 Å². The number of carbonyl (C=O) groups excluding carboxylic acids is 1. The number of esters is 1.